The lowest BCUT2D eigenvalue weighted by atomic mass is 10.2. The molecule has 3 rings (SSSR count). The Kier molecular flexibility index (Phi) is 3.79. The van der Waals surface area contributed by atoms with E-state index in [1.54, 1.807) is 36.8 Å². The standard InChI is InChI=1S/C15H12N2O3S/c1-2-19-15(18)11-4-3-7-16-14(11)20-10-5-6-12-13(8-10)21-9-17-12/h3-9H,2H2,1H3. The average molecular weight is 300 g/mol. The highest BCUT2D eigenvalue weighted by atomic mass is 32.1. The number of rotatable bonds is 4. The molecule has 2 heterocycles. The molecule has 0 aliphatic rings. The fourth-order valence-corrected chi connectivity index (χ4v) is 2.55. The van der Waals surface area contributed by atoms with Crippen LogP contribution in [0.3, 0.4) is 0 Å². The first kappa shape index (κ1) is 13.5. The van der Waals surface area contributed by atoms with Crippen LogP contribution in [0.25, 0.3) is 10.2 Å². The van der Waals surface area contributed by atoms with Gasteiger partial charge >= 0.3 is 5.97 Å². The van der Waals surface area contributed by atoms with Gasteiger partial charge in [0.2, 0.25) is 5.88 Å². The third-order valence-electron chi connectivity index (χ3n) is 2.78. The number of fused-ring (bicyclic) bond motifs is 1. The van der Waals surface area contributed by atoms with Gasteiger partial charge in [0.15, 0.2) is 0 Å². The summed E-state index contributed by atoms with van der Waals surface area (Å²) in [5, 5.41) is 0. The molecule has 1 aromatic carbocycles. The number of hydrogen-bond acceptors (Lipinski definition) is 6. The van der Waals surface area contributed by atoms with Gasteiger partial charge in [-0.25, -0.2) is 14.8 Å². The number of pyridine rings is 1. The molecular weight excluding hydrogens is 288 g/mol. The van der Waals surface area contributed by atoms with Gasteiger partial charge in [0.1, 0.15) is 11.3 Å². The Morgan fingerprint density at radius 2 is 2.19 bits per heavy atom. The van der Waals surface area contributed by atoms with Gasteiger partial charge in [-0.2, -0.15) is 0 Å². The van der Waals surface area contributed by atoms with Crippen LogP contribution < -0.4 is 4.74 Å². The summed E-state index contributed by atoms with van der Waals surface area (Å²) in [5.74, 6) is 0.398. The van der Waals surface area contributed by atoms with E-state index in [0.717, 1.165) is 10.2 Å². The summed E-state index contributed by atoms with van der Waals surface area (Å²) < 4.78 is 11.7. The molecule has 0 N–H and O–H groups in total. The number of thiazole rings is 1. The van der Waals surface area contributed by atoms with E-state index in [1.807, 2.05) is 12.1 Å². The lowest BCUT2D eigenvalue weighted by molar-refractivity contribution is 0.0522. The van der Waals surface area contributed by atoms with Crippen molar-refractivity contribution in [2.75, 3.05) is 6.61 Å². The molecule has 5 nitrogen and oxygen atoms in total. The molecule has 0 saturated heterocycles. The molecule has 0 unspecified atom stereocenters. The zero-order valence-corrected chi connectivity index (χ0v) is 12.1. The Labute approximate surface area is 125 Å². The zero-order valence-electron chi connectivity index (χ0n) is 11.3. The van der Waals surface area contributed by atoms with Crippen molar-refractivity contribution >= 4 is 27.5 Å². The first-order valence-corrected chi connectivity index (χ1v) is 7.29. The third kappa shape index (κ3) is 2.85. The van der Waals surface area contributed by atoms with E-state index in [9.17, 15) is 4.79 Å². The topological polar surface area (TPSA) is 61.3 Å². The van der Waals surface area contributed by atoms with Crippen molar-refractivity contribution in [3.8, 4) is 11.6 Å². The SMILES string of the molecule is CCOC(=O)c1cccnc1Oc1ccc2ncsc2c1. The maximum Gasteiger partial charge on any atom is 0.343 e. The second-order valence-corrected chi connectivity index (χ2v) is 5.05. The Morgan fingerprint density at radius 3 is 3.05 bits per heavy atom. The van der Waals surface area contributed by atoms with Crippen molar-refractivity contribution in [1.29, 1.82) is 0 Å². The van der Waals surface area contributed by atoms with Gasteiger partial charge in [-0.15, -0.1) is 11.3 Å². The summed E-state index contributed by atoms with van der Waals surface area (Å²) in [4.78, 5) is 20.2. The number of carbonyl (C=O) groups excluding carboxylic acids is 1. The largest absolute Gasteiger partial charge is 0.462 e. The molecular formula is C15H12N2O3S. The molecule has 0 atom stereocenters. The van der Waals surface area contributed by atoms with Crippen LogP contribution >= 0.6 is 11.3 Å². The summed E-state index contributed by atoms with van der Waals surface area (Å²) in [7, 11) is 0. The molecule has 0 spiro atoms. The van der Waals surface area contributed by atoms with E-state index in [0.29, 0.717) is 17.9 Å². The average Bonchev–Trinajstić information content (AvgIpc) is 2.95. The summed E-state index contributed by atoms with van der Waals surface area (Å²) in [6.45, 7) is 2.06. The van der Waals surface area contributed by atoms with Crippen LogP contribution in [0, 0.1) is 0 Å². The van der Waals surface area contributed by atoms with E-state index in [4.69, 9.17) is 9.47 Å². The molecule has 3 aromatic rings. The minimum absolute atomic E-state index is 0.236. The number of hydrogen-bond donors (Lipinski definition) is 0. The molecule has 0 aliphatic carbocycles. The first-order valence-electron chi connectivity index (χ1n) is 6.41. The number of carbonyl (C=O) groups is 1. The molecule has 0 aliphatic heterocycles. The van der Waals surface area contributed by atoms with E-state index in [-0.39, 0.29) is 5.88 Å². The van der Waals surface area contributed by atoms with Gasteiger partial charge in [0, 0.05) is 12.3 Å². The van der Waals surface area contributed by atoms with Gasteiger partial charge < -0.3 is 9.47 Å². The van der Waals surface area contributed by atoms with Crippen LogP contribution in [0.1, 0.15) is 17.3 Å². The molecule has 106 valence electrons. The van der Waals surface area contributed by atoms with E-state index in [2.05, 4.69) is 9.97 Å². The second kappa shape index (κ2) is 5.88. The number of benzene rings is 1. The summed E-state index contributed by atoms with van der Waals surface area (Å²) >= 11 is 1.53. The Morgan fingerprint density at radius 1 is 1.29 bits per heavy atom. The van der Waals surface area contributed by atoms with Crippen LogP contribution in [0.2, 0.25) is 0 Å². The molecule has 0 saturated carbocycles. The molecule has 0 amide bonds. The van der Waals surface area contributed by atoms with E-state index < -0.39 is 5.97 Å². The predicted octanol–water partition coefficient (Wildman–Crippen LogP) is 3.66. The fraction of sp³-hybridized carbons (Fsp3) is 0.133. The maximum absolute atomic E-state index is 11.9. The van der Waals surface area contributed by atoms with Crippen molar-refractivity contribution in [2.24, 2.45) is 0 Å². The zero-order chi connectivity index (χ0) is 14.7. The van der Waals surface area contributed by atoms with Gasteiger partial charge in [-0.1, -0.05) is 0 Å². The maximum atomic E-state index is 11.9. The molecule has 0 fully saturated rings. The lowest BCUT2D eigenvalue weighted by Gasteiger charge is -2.09. The summed E-state index contributed by atoms with van der Waals surface area (Å²) in [5.41, 5.74) is 3.00. The Bertz CT molecular complexity index is 785. The van der Waals surface area contributed by atoms with Gasteiger partial charge in [-0.3, -0.25) is 0 Å². The highest BCUT2D eigenvalue weighted by molar-refractivity contribution is 7.16. The fourth-order valence-electron chi connectivity index (χ4n) is 1.85. The van der Waals surface area contributed by atoms with Gasteiger partial charge in [0.05, 0.1) is 22.3 Å². The normalized spacial score (nSPS) is 10.5. The molecule has 2 aromatic heterocycles. The van der Waals surface area contributed by atoms with Crippen molar-refractivity contribution in [3.63, 3.8) is 0 Å². The first-order chi connectivity index (χ1) is 10.3. The van der Waals surface area contributed by atoms with Gasteiger partial charge in [0.25, 0.3) is 0 Å². The molecule has 0 radical (unpaired) electrons. The number of aromatic nitrogens is 2. The molecule has 21 heavy (non-hydrogen) atoms. The van der Waals surface area contributed by atoms with Crippen LogP contribution in [-0.2, 0) is 4.74 Å². The number of nitrogens with zero attached hydrogens (tertiary/aromatic N) is 2. The summed E-state index contributed by atoms with van der Waals surface area (Å²) in [6, 6.07) is 8.84. The Balaban J connectivity index is 1.91. The molecule has 0 bridgehead atoms. The van der Waals surface area contributed by atoms with Crippen molar-refractivity contribution in [1.82, 2.24) is 9.97 Å². The van der Waals surface area contributed by atoms with Crippen LogP contribution in [0.4, 0.5) is 0 Å². The van der Waals surface area contributed by atoms with Crippen LogP contribution in [-0.4, -0.2) is 22.5 Å². The highest BCUT2D eigenvalue weighted by Gasteiger charge is 2.15. The lowest BCUT2D eigenvalue weighted by Crippen LogP contribution is -2.07. The smallest absolute Gasteiger partial charge is 0.343 e. The van der Waals surface area contributed by atoms with Crippen molar-refractivity contribution in [2.45, 2.75) is 6.92 Å². The van der Waals surface area contributed by atoms with Crippen LogP contribution in [0.5, 0.6) is 11.6 Å². The second-order valence-electron chi connectivity index (χ2n) is 4.16. The third-order valence-corrected chi connectivity index (χ3v) is 3.58. The summed E-state index contributed by atoms with van der Waals surface area (Å²) in [6.07, 6.45) is 1.57. The highest BCUT2D eigenvalue weighted by Crippen LogP contribution is 2.28. The number of esters is 1. The predicted molar refractivity (Wildman–Crippen MR) is 79.9 cm³/mol. The van der Waals surface area contributed by atoms with Crippen molar-refractivity contribution in [3.05, 3.63) is 47.6 Å². The van der Waals surface area contributed by atoms with E-state index in [1.165, 1.54) is 11.3 Å². The van der Waals surface area contributed by atoms with Crippen molar-refractivity contribution < 1.29 is 14.3 Å². The molecule has 6 heteroatoms. The monoisotopic (exact) mass is 300 g/mol. The van der Waals surface area contributed by atoms with E-state index >= 15 is 0 Å². The quantitative estimate of drug-likeness (QED) is 0.688. The number of ether oxygens (including phenoxy) is 2. The van der Waals surface area contributed by atoms with Gasteiger partial charge in [-0.05, 0) is 31.2 Å². The minimum Gasteiger partial charge on any atom is -0.462 e. The van der Waals surface area contributed by atoms with Crippen LogP contribution in [0.15, 0.2) is 42.0 Å². The Hall–Kier alpha value is -2.47. The minimum atomic E-state index is -0.445.